The molecule has 0 aromatic heterocycles. The molecule has 0 aliphatic heterocycles. The molecule has 0 N–H and O–H groups in total. The molecule has 0 bridgehead atoms. The molecule has 0 aromatic carbocycles. The maximum atomic E-state index is 4.94. The smallest absolute Gasteiger partial charge is 0.484 e. The van der Waals surface area contributed by atoms with Crippen LogP contribution in [0.1, 0.15) is 13.8 Å². The second kappa shape index (κ2) is 11.3. The number of rotatable bonds is 4. The summed E-state index contributed by atoms with van der Waals surface area (Å²) in [6.07, 6.45) is 0. The van der Waals surface area contributed by atoms with Gasteiger partial charge in [-0.05, 0) is 13.8 Å². The molecule has 0 amide bonds. The Balaban J connectivity index is 0. The molecular weight excluding hydrogens is 130 g/mol. The molecule has 0 spiro atoms. The van der Waals surface area contributed by atoms with E-state index >= 15 is 0 Å². The van der Waals surface area contributed by atoms with E-state index in [1.165, 1.54) is 0 Å². The summed E-state index contributed by atoms with van der Waals surface area (Å²) in [6.45, 7) is 5.47. The topological polar surface area (TPSA) is 18.5 Å². The summed E-state index contributed by atoms with van der Waals surface area (Å²) >= 11 is -0.178. The zero-order chi connectivity index (χ0) is 5.54. The van der Waals surface area contributed by atoms with Gasteiger partial charge in [-0.2, -0.15) is 0 Å². The van der Waals surface area contributed by atoms with Crippen molar-refractivity contribution in [3.8, 4) is 0 Å². The fourth-order valence-electron chi connectivity index (χ4n) is 0.184. The summed E-state index contributed by atoms with van der Waals surface area (Å²) in [5, 5.41) is 0. The van der Waals surface area contributed by atoms with Crippen molar-refractivity contribution in [2.24, 2.45) is 0 Å². The van der Waals surface area contributed by atoms with E-state index in [-0.39, 0.29) is 45.4 Å². The summed E-state index contributed by atoms with van der Waals surface area (Å²) in [7, 11) is 0. The zero-order valence-electron chi connectivity index (χ0n) is 5.81. The van der Waals surface area contributed by atoms with Gasteiger partial charge in [0.25, 0.3) is 0 Å². The van der Waals surface area contributed by atoms with Crippen molar-refractivity contribution >= 4 is 45.4 Å². The quantitative estimate of drug-likeness (QED) is 0.410. The van der Waals surface area contributed by atoms with Crippen LogP contribution in [-0.2, 0) is 7.58 Å². The first kappa shape index (κ1) is 12.2. The molecule has 0 aliphatic carbocycles. The van der Waals surface area contributed by atoms with Gasteiger partial charge in [0.1, 0.15) is 0 Å². The van der Waals surface area contributed by atoms with Gasteiger partial charge in [0, 0.05) is 42.8 Å². The van der Waals surface area contributed by atoms with Crippen LogP contribution in [-0.4, -0.2) is 58.7 Å². The van der Waals surface area contributed by atoms with Crippen LogP contribution < -0.4 is 0 Å². The number of hydrogen-bond donors (Lipinski definition) is 0. The van der Waals surface area contributed by atoms with Gasteiger partial charge in [-0.3, -0.25) is 0 Å². The predicted molar refractivity (Wildman–Crippen MR) is 34.8 cm³/mol. The standard InChI is InChI=1S/2C2H5O.Al.Na/c2*1-2-3;;/h2*2H2,1H3;;/q2*-1;+2;. The van der Waals surface area contributed by atoms with Crippen LogP contribution in [0.25, 0.3) is 0 Å². The van der Waals surface area contributed by atoms with Crippen molar-refractivity contribution in [3.63, 3.8) is 0 Å². The molecule has 4 heteroatoms. The molecule has 8 heavy (non-hydrogen) atoms. The van der Waals surface area contributed by atoms with Crippen molar-refractivity contribution < 1.29 is 7.58 Å². The van der Waals surface area contributed by atoms with Gasteiger partial charge in [-0.25, -0.2) is 0 Å². The van der Waals surface area contributed by atoms with Crippen LogP contribution in [0.3, 0.4) is 0 Å². The molecule has 0 rings (SSSR count). The maximum Gasteiger partial charge on any atom is 0.668 e. The van der Waals surface area contributed by atoms with Gasteiger partial charge < -0.3 is 7.58 Å². The van der Waals surface area contributed by atoms with Crippen molar-refractivity contribution in [1.82, 2.24) is 0 Å². The van der Waals surface area contributed by atoms with E-state index in [4.69, 9.17) is 7.58 Å². The van der Waals surface area contributed by atoms with Gasteiger partial charge in [0.05, 0.1) is 0 Å². The zero-order valence-corrected chi connectivity index (χ0v) is 8.96. The van der Waals surface area contributed by atoms with Crippen LogP contribution in [0.15, 0.2) is 0 Å². The summed E-state index contributed by atoms with van der Waals surface area (Å²) in [4.78, 5) is 0. The molecule has 2 radical (unpaired) electrons. The van der Waals surface area contributed by atoms with Crippen LogP contribution in [0.5, 0.6) is 0 Å². The molecular formula is C4H10AlNaO2. The molecule has 0 fully saturated rings. The SMILES string of the molecule is CC[O][Al][O]CC.[Na]. The summed E-state index contributed by atoms with van der Waals surface area (Å²) in [5.74, 6) is 0. The Morgan fingerprint density at radius 3 is 1.75 bits per heavy atom. The Labute approximate surface area is 79.6 Å². The van der Waals surface area contributed by atoms with Gasteiger partial charge in [0.15, 0.2) is 0 Å². The molecule has 0 unspecified atom stereocenters. The van der Waals surface area contributed by atoms with Gasteiger partial charge >= 0.3 is 15.9 Å². The first-order chi connectivity index (χ1) is 3.41. The van der Waals surface area contributed by atoms with E-state index in [1.54, 1.807) is 0 Å². The fourth-order valence-corrected chi connectivity index (χ4v) is 0.553. The third-order valence-electron chi connectivity index (χ3n) is 0.469. The Hall–Kier alpha value is 1.45. The van der Waals surface area contributed by atoms with E-state index in [9.17, 15) is 0 Å². The molecule has 2 nitrogen and oxygen atoms in total. The van der Waals surface area contributed by atoms with E-state index in [0.29, 0.717) is 0 Å². The summed E-state index contributed by atoms with van der Waals surface area (Å²) in [6, 6.07) is 0. The maximum absolute atomic E-state index is 4.94. The number of hydrogen-bond acceptors (Lipinski definition) is 2. The molecule has 0 saturated heterocycles. The second-order valence-electron chi connectivity index (χ2n) is 1.01. The average molecular weight is 140 g/mol. The Bertz CT molecular complexity index is 33.2. The Morgan fingerprint density at radius 1 is 1.12 bits per heavy atom. The minimum Gasteiger partial charge on any atom is -0.484 e. The van der Waals surface area contributed by atoms with E-state index in [0.717, 1.165) is 13.2 Å². The van der Waals surface area contributed by atoms with Gasteiger partial charge in [-0.15, -0.1) is 0 Å². The summed E-state index contributed by atoms with van der Waals surface area (Å²) in [5.41, 5.74) is 0. The van der Waals surface area contributed by atoms with Crippen LogP contribution in [0.2, 0.25) is 0 Å². The van der Waals surface area contributed by atoms with Gasteiger partial charge in [-0.1, -0.05) is 0 Å². The van der Waals surface area contributed by atoms with Crippen molar-refractivity contribution in [1.29, 1.82) is 0 Å². The monoisotopic (exact) mass is 140 g/mol. The largest absolute Gasteiger partial charge is 0.668 e. The molecule has 0 atom stereocenters. The predicted octanol–water partition coefficient (Wildman–Crippen LogP) is 0.213. The molecule has 0 aromatic rings. The molecule has 0 saturated carbocycles. The first-order valence-corrected chi connectivity index (χ1v) is 3.41. The summed E-state index contributed by atoms with van der Waals surface area (Å²) < 4.78 is 9.87. The van der Waals surface area contributed by atoms with Crippen LogP contribution >= 0.6 is 0 Å². The van der Waals surface area contributed by atoms with Crippen molar-refractivity contribution in [2.45, 2.75) is 13.8 Å². The fraction of sp³-hybridized carbons (Fsp3) is 1.00. The van der Waals surface area contributed by atoms with Crippen LogP contribution in [0, 0.1) is 0 Å². The van der Waals surface area contributed by atoms with E-state index in [1.807, 2.05) is 13.8 Å². The van der Waals surface area contributed by atoms with E-state index < -0.39 is 0 Å². The second-order valence-corrected chi connectivity index (χ2v) is 1.87. The normalized spacial score (nSPS) is 7.75. The van der Waals surface area contributed by atoms with E-state index in [2.05, 4.69) is 0 Å². The molecule has 42 valence electrons. The molecule has 0 aliphatic rings. The first-order valence-electron chi connectivity index (χ1n) is 2.46. The minimum absolute atomic E-state index is 0. The van der Waals surface area contributed by atoms with Gasteiger partial charge in [0.2, 0.25) is 0 Å². The molecule has 0 heterocycles. The Kier molecular flexibility index (Phi) is 17.1. The minimum atomic E-state index is -0.178. The van der Waals surface area contributed by atoms with Crippen molar-refractivity contribution in [3.05, 3.63) is 0 Å². The third-order valence-corrected chi connectivity index (χ3v) is 1.41. The van der Waals surface area contributed by atoms with Crippen molar-refractivity contribution in [2.75, 3.05) is 13.2 Å². The Morgan fingerprint density at radius 2 is 1.50 bits per heavy atom. The third kappa shape index (κ3) is 10.4. The van der Waals surface area contributed by atoms with Crippen LogP contribution in [0.4, 0.5) is 0 Å². The average Bonchev–Trinajstić information content (AvgIpc) is 1.69.